The average Bonchev–Trinajstić information content (AvgIpc) is 2.47. The molecule has 1 amide bonds. The summed E-state index contributed by atoms with van der Waals surface area (Å²) in [5.41, 5.74) is 2.78. The maximum Gasteiger partial charge on any atom is 0.270 e. The van der Waals surface area contributed by atoms with Gasteiger partial charge in [0.05, 0.1) is 0 Å². The second-order valence-electron chi connectivity index (χ2n) is 5.66. The number of carbonyl (C=O) groups is 1. The molecule has 1 saturated carbocycles. The minimum atomic E-state index is 0.00690. The van der Waals surface area contributed by atoms with Crippen molar-refractivity contribution in [3.63, 3.8) is 0 Å². The number of aromatic nitrogens is 2. The number of hydrogen-bond acceptors (Lipinski definition) is 3. The van der Waals surface area contributed by atoms with Crippen LogP contribution in [0.15, 0.2) is 6.33 Å². The molecule has 4 nitrogen and oxygen atoms in total. The summed E-state index contributed by atoms with van der Waals surface area (Å²) in [5, 5.41) is 3.16. The Morgan fingerprint density at radius 2 is 1.84 bits per heavy atom. The van der Waals surface area contributed by atoms with E-state index >= 15 is 0 Å². The van der Waals surface area contributed by atoms with Gasteiger partial charge in [-0.3, -0.25) is 4.79 Å². The Hall–Kier alpha value is -1.45. The highest BCUT2D eigenvalue weighted by Gasteiger charge is 2.22. The molecule has 0 aliphatic heterocycles. The fourth-order valence-electron chi connectivity index (χ4n) is 3.22. The van der Waals surface area contributed by atoms with Crippen molar-refractivity contribution in [3.05, 3.63) is 23.3 Å². The molecule has 0 spiro atoms. The average molecular weight is 259 g/mol. The van der Waals surface area contributed by atoms with E-state index in [1.54, 1.807) is 6.33 Å². The number of nitrogens with one attached hydrogen (secondary N) is 1. The summed E-state index contributed by atoms with van der Waals surface area (Å²) in [6, 6.07) is 0.343. The van der Waals surface area contributed by atoms with E-state index < -0.39 is 0 Å². The van der Waals surface area contributed by atoms with Gasteiger partial charge < -0.3 is 5.32 Å². The van der Waals surface area contributed by atoms with E-state index in [0.717, 1.165) is 43.4 Å². The predicted molar refractivity (Wildman–Crippen MR) is 73.0 cm³/mol. The molecule has 2 aliphatic carbocycles. The number of hydrogen-bond donors (Lipinski definition) is 1. The third-order valence-electron chi connectivity index (χ3n) is 4.28. The highest BCUT2D eigenvalue weighted by Crippen LogP contribution is 2.22. The van der Waals surface area contributed by atoms with Crippen LogP contribution in [0.3, 0.4) is 0 Å². The Morgan fingerprint density at radius 1 is 1.05 bits per heavy atom. The highest BCUT2D eigenvalue weighted by atomic mass is 16.1. The molecule has 4 heteroatoms. The standard InChI is InChI=1S/C15H21N3O/c19-15(18-11-6-2-1-3-7-11)14-12-8-4-5-9-13(12)16-10-17-14/h10-11H,1-9H2,(H,18,19). The fraction of sp³-hybridized carbons (Fsp3) is 0.667. The highest BCUT2D eigenvalue weighted by molar-refractivity contribution is 5.94. The van der Waals surface area contributed by atoms with E-state index in [9.17, 15) is 4.79 Å². The monoisotopic (exact) mass is 259 g/mol. The first-order chi connectivity index (χ1) is 9.34. The normalized spacial score (nSPS) is 19.8. The van der Waals surface area contributed by atoms with Gasteiger partial charge in [-0.25, -0.2) is 9.97 Å². The molecular weight excluding hydrogens is 238 g/mol. The summed E-state index contributed by atoms with van der Waals surface area (Å²) in [6.45, 7) is 0. The molecule has 0 saturated heterocycles. The Labute approximate surface area is 114 Å². The van der Waals surface area contributed by atoms with Gasteiger partial charge in [0.25, 0.3) is 5.91 Å². The lowest BCUT2D eigenvalue weighted by Gasteiger charge is -2.23. The summed E-state index contributed by atoms with van der Waals surface area (Å²) in [5.74, 6) is 0.00690. The number of carbonyl (C=O) groups excluding carboxylic acids is 1. The second-order valence-corrected chi connectivity index (χ2v) is 5.66. The van der Waals surface area contributed by atoms with Crippen LogP contribution in [0, 0.1) is 0 Å². The lowest BCUT2D eigenvalue weighted by atomic mass is 9.93. The third kappa shape index (κ3) is 2.77. The van der Waals surface area contributed by atoms with Gasteiger partial charge in [0.1, 0.15) is 12.0 Å². The first kappa shape index (κ1) is 12.6. The summed E-state index contributed by atoms with van der Waals surface area (Å²) in [7, 11) is 0. The van der Waals surface area contributed by atoms with Gasteiger partial charge in [-0.1, -0.05) is 19.3 Å². The summed E-state index contributed by atoms with van der Waals surface area (Å²) >= 11 is 0. The Bertz CT molecular complexity index is 466. The molecule has 1 aromatic rings. The van der Waals surface area contributed by atoms with Crippen molar-refractivity contribution in [2.75, 3.05) is 0 Å². The zero-order valence-corrected chi connectivity index (χ0v) is 11.3. The van der Waals surface area contributed by atoms with Gasteiger partial charge in [0.2, 0.25) is 0 Å². The van der Waals surface area contributed by atoms with E-state index in [2.05, 4.69) is 15.3 Å². The summed E-state index contributed by atoms with van der Waals surface area (Å²) in [6.07, 6.45) is 11.8. The minimum Gasteiger partial charge on any atom is -0.348 e. The molecule has 19 heavy (non-hydrogen) atoms. The fourth-order valence-corrected chi connectivity index (χ4v) is 3.22. The van der Waals surface area contributed by atoms with Crippen molar-refractivity contribution >= 4 is 5.91 Å². The molecule has 2 aliphatic rings. The van der Waals surface area contributed by atoms with Gasteiger partial charge in [-0.2, -0.15) is 0 Å². The quantitative estimate of drug-likeness (QED) is 0.887. The molecule has 0 aromatic carbocycles. The van der Waals surface area contributed by atoms with Crippen LogP contribution in [0.4, 0.5) is 0 Å². The molecular formula is C15H21N3O. The van der Waals surface area contributed by atoms with Gasteiger partial charge in [-0.15, -0.1) is 0 Å². The Morgan fingerprint density at radius 3 is 2.68 bits per heavy atom. The van der Waals surface area contributed by atoms with Crippen LogP contribution in [-0.2, 0) is 12.8 Å². The van der Waals surface area contributed by atoms with Crippen molar-refractivity contribution in [2.45, 2.75) is 63.8 Å². The number of amides is 1. The van der Waals surface area contributed by atoms with Crippen molar-refractivity contribution in [1.29, 1.82) is 0 Å². The first-order valence-electron chi connectivity index (χ1n) is 7.48. The summed E-state index contributed by atoms with van der Waals surface area (Å²) < 4.78 is 0. The smallest absolute Gasteiger partial charge is 0.270 e. The lowest BCUT2D eigenvalue weighted by molar-refractivity contribution is 0.0921. The molecule has 0 bridgehead atoms. The minimum absolute atomic E-state index is 0.00690. The number of nitrogens with zero attached hydrogens (tertiary/aromatic N) is 2. The van der Waals surface area contributed by atoms with Crippen LogP contribution in [0.5, 0.6) is 0 Å². The number of aryl methyl sites for hydroxylation is 1. The first-order valence-corrected chi connectivity index (χ1v) is 7.48. The molecule has 1 N–H and O–H groups in total. The number of fused-ring (bicyclic) bond motifs is 1. The summed E-state index contributed by atoms with van der Waals surface area (Å²) in [4.78, 5) is 20.9. The van der Waals surface area contributed by atoms with E-state index in [1.807, 2.05) is 0 Å². The molecule has 1 heterocycles. The van der Waals surface area contributed by atoms with Crippen LogP contribution in [0.25, 0.3) is 0 Å². The van der Waals surface area contributed by atoms with E-state index in [1.165, 1.54) is 25.7 Å². The van der Waals surface area contributed by atoms with E-state index in [-0.39, 0.29) is 5.91 Å². The molecule has 0 unspecified atom stereocenters. The van der Waals surface area contributed by atoms with Gasteiger partial charge in [0, 0.05) is 17.3 Å². The van der Waals surface area contributed by atoms with E-state index in [4.69, 9.17) is 0 Å². The molecule has 0 atom stereocenters. The van der Waals surface area contributed by atoms with Crippen LogP contribution in [0.1, 0.15) is 66.7 Å². The van der Waals surface area contributed by atoms with Crippen molar-refractivity contribution in [1.82, 2.24) is 15.3 Å². The van der Waals surface area contributed by atoms with Crippen LogP contribution < -0.4 is 5.32 Å². The van der Waals surface area contributed by atoms with Crippen molar-refractivity contribution < 1.29 is 4.79 Å². The molecule has 3 rings (SSSR count). The molecule has 0 radical (unpaired) electrons. The van der Waals surface area contributed by atoms with Crippen molar-refractivity contribution in [3.8, 4) is 0 Å². The maximum atomic E-state index is 12.4. The van der Waals surface area contributed by atoms with Gasteiger partial charge in [-0.05, 0) is 38.5 Å². The van der Waals surface area contributed by atoms with Crippen molar-refractivity contribution in [2.24, 2.45) is 0 Å². The van der Waals surface area contributed by atoms with E-state index in [0.29, 0.717) is 11.7 Å². The zero-order chi connectivity index (χ0) is 13.1. The second kappa shape index (κ2) is 5.68. The number of rotatable bonds is 2. The maximum absolute atomic E-state index is 12.4. The third-order valence-corrected chi connectivity index (χ3v) is 4.28. The van der Waals surface area contributed by atoms with Gasteiger partial charge in [0.15, 0.2) is 0 Å². The Balaban J connectivity index is 1.75. The molecule has 1 aromatic heterocycles. The predicted octanol–water partition coefficient (Wildman–Crippen LogP) is 2.42. The lowest BCUT2D eigenvalue weighted by Crippen LogP contribution is -2.37. The topological polar surface area (TPSA) is 54.9 Å². The zero-order valence-electron chi connectivity index (χ0n) is 11.3. The molecule has 1 fully saturated rings. The van der Waals surface area contributed by atoms with Crippen LogP contribution in [-0.4, -0.2) is 21.9 Å². The largest absolute Gasteiger partial charge is 0.348 e. The van der Waals surface area contributed by atoms with Crippen LogP contribution >= 0.6 is 0 Å². The SMILES string of the molecule is O=C(NC1CCCCC1)c1ncnc2c1CCCC2. The van der Waals surface area contributed by atoms with Gasteiger partial charge >= 0.3 is 0 Å². The van der Waals surface area contributed by atoms with Crippen LogP contribution in [0.2, 0.25) is 0 Å². The molecule has 102 valence electrons. The Kier molecular flexibility index (Phi) is 3.76.